The molecule has 1 aromatic carbocycles. The number of thiocarbonyl (C=S) groups is 1. The number of nitrogens with one attached hydrogen (secondary N) is 2. The minimum atomic E-state index is 0.543. The maximum absolute atomic E-state index is 5.12. The molecule has 5 nitrogen and oxygen atoms in total. The Morgan fingerprint density at radius 1 is 1.36 bits per heavy atom. The van der Waals surface area contributed by atoms with E-state index in [2.05, 4.69) is 40.0 Å². The van der Waals surface area contributed by atoms with Gasteiger partial charge in [0.15, 0.2) is 5.11 Å². The molecule has 0 fully saturated rings. The Kier molecular flexibility index (Phi) is 6.57. The maximum atomic E-state index is 5.12. The molecule has 0 saturated heterocycles. The van der Waals surface area contributed by atoms with Crippen LogP contribution in [0.15, 0.2) is 47.8 Å². The van der Waals surface area contributed by atoms with Gasteiger partial charge in [0.1, 0.15) is 0 Å². The maximum Gasteiger partial charge on any atom is 0.186 e. The third-order valence-corrected chi connectivity index (χ3v) is 3.27. The Morgan fingerprint density at radius 2 is 2.18 bits per heavy atom. The summed E-state index contributed by atoms with van der Waals surface area (Å²) in [4.78, 5) is 0. The first-order chi connectivity index (χ1) is 10.8. The zero-order chi connectivity index (χ0) is 15.6. The molecule has 6 heteroatoms. The lowest BCUT2D eigenvalue weighted by Gasteiger charge is -2.04. The summed E-state index contributed by atoms with van der Waals surface area (Å²) in [6, 6.07) is 10.2. The van der Waals surface area contributed by atoms with Crippen LogP contribution in [0.1, 0.15) is 30.9 Å². The van der Waals surface area contributed by atoms with E-state index in [1.165, 1.54) is 5.56 Å². The molecule has 0 aliphatic rings. The van der Waals surface area contributed by atoms with E-state index in [0.29, 0.717) is 5.11 Å². The van der Waals surface area contributed by atoms with Crippen LogP contribution in [0.5, 0.6) is 0 Å². The largest absolute Gasteiger partial charge is 0.361 e. The fourth-order valence-electron chi connectivity index (χ4n) is 1.89. The van der Waals surface area contributed by atoms with E-state index >= 15 is 0 Å². The highest BCUT2D eigenvalue weighted by Crippen LogP contribution is 2.02. The molecule has 2 rings (SSSR count). The van der Waals surface area contributed by atoms with Crippen molar-refractivity contribution in [2.24, 2.45) is 5.10 Å². The molecule has 1 aromatic heterocycles. The summed E-state index contributed by atoms with van der Waals surface area (Å²) in [6.07, 6.45) is 7.67. The molecule has 0 amide bonds. The summed E-state index contributed by atoms with van der Waals surface area (Å²) < 4.78 is 1.88. The first kappa shape index (κ1) is 16.2. The van der Waals surface area contributed by atoms with Crippen molar-refractivity contribution >= 4 is 23.5 Å². The molecule has 2 aromatic rings. The number of hydrazone groups is 1. The zero-order valence-electron chi connectivity index (χ0n) is 12.7. The fourth-order valence-corrected chi connectivity index (χ4v) is 2.04. The molecule has 1 heterocycles. The highest BCUT2D eigenvalue weighted by atomic mass is 32.1. The van der Waals surface area contributed by atoms with Gasteiger partial charge in [0, 0.05) is 18.3 Å². The number of hydrogen-bond acceptors (Lipinski definition) is 3. The summed E-state index contributed by atoms with van der Waals surface area (Å²) in [6.45, 7) is 3.76. The fraction of sp³-hybridized carbons (Fsp3) is 0.312. The van der Waals surface area contributed by atoms with Crippen molar-refractivity contribution in [3.63, 3.8) is 0 Å². The molecule has 0 atom stereocenters. The van der Waals surface area contributed by atoms with Gasteiger partial charge in [-0.3, -0.25) is 10.1 Å². The van der Waals surface area contributed by atoms with Gasteiger partial charge in [-0.15, -0.1) is 0 Å². The lowest BCUT2D eigenvalue weighted by atomic mass is 10.2. The smallest absolute Gasteiger partial charge is 0.186 e. The minimum absolute atomic E-state index is 0.543. The van der Waals surface area contributed by atoms with Crippen LogP contribution in [-0.4, -0.2) is 27.7 Å². The van der Waals surface area contributed by atoms with Crippen LogP contribution in [-0.2, 0) is 6.54 Å². The Balaban J connectivity index is 1.79. The van der Waals surface area contributed by atoms with Crippen molar-refractivity contribution in [2.45, 2.75) is 26.3 Å². The molecule has 0 radical (unpaired) electrons. The van der Waals surface area contributed by atoms with Gasteiger partial charge in [-0.2, -0.15) is 10.2 Å². The van der Waals surface area contributed by atoms with Crippen LogP contribution in [0, 0.1) is 0 Å². The highest BCUT2D eigenvalue weighted by Gasteiger charge is 1.98. The Morgan fingerprint density at radius 3 is 2.95 bits per heavy atom. The number of nitrogens with zero attached hydrogens (tertiary/aromatic N) is 3. The van der Waals surface area contributed by atoms with Crippen LogP contribution in [0.4, 0.5) is 0 Å². The number of unbranched alkanes of at least 4 members (excludes halogenated alkanes) is 1. The lowest BCUT2D eigenvalue weighted by Crippen LogP contribution is -2.32. The van der Waals surface area contributed by atoms with Gasteiger partial charge in [0.25, 0.3) is 0 Å². The minimum Gasteiger partial charge on any atom is -0.361 e. The second-order valence-electron chi connectivity index (χ2n) is 4.94. The molecular formula is C16H21N5S. The van der Waals surface area contributed by atoms with Gasteiger partial charge in [-0.25, -0.2) is 0 Å². The van der Waals surface area contributed by atoms with Crippen molar-refractivity contribution in [3.8, 4) is 0 Å². The van der Waals surface area contributed by atoms with Gasteiger partial charge >= 0.3 is 0 Å². The highest BCUT2D eigenvalue weighted by molar-refractivity contribution is 7.80. The first-order valence-electron chi connectivity index (χ1n) is 7.41. The van der Waals surface area contributed by atoms with Crippen molar-refractivity contribution in [1.29, 1.82) is 0 Å². The summed E-state index contributed by atoms with van der Waals surface area (Å²) >= 11 is 5.12. The molecule has 0 saturated carbocycles. The number of aromatic nitrogens is 2. The van der Waals surface area contributed by atoms with Crippen LogP contribution in [0.25, 0.3) is 0 Å². The number of benzene rings is 1. The van der Waals surface area contributed by atoms with Crippen LogP contribution in [0.3, 0.4) is 0 Å². The average Bonchev–Trinajstić information content (AvgIpc) is 2.96. The SMILES string of the molecule is CCCCNC(=S)N/N=C\c1cnn(Cc2ccccc2)c1. The Labute approximate surface area is 136 Å². The molecule has 0 bridgehead atoms. The number of hydrogen-bond donors (Lipinski definition) is 2. The predicted molar refractivity (Wildman–Crippen MR) is 94.0 cm³/mol. The molecule has 0 spiro atoms. The Bertz CT molecular complexity index is 606. The average molecular weight is 315 g/mol. The van der Waals surface area contributed by atoms with Crippen LogP contribution < -0.4 is 10.7 Å². The molecule has 2 N–H and O–H groups in total. The summed E-state index contributed by atoms with van der Waals surface area (Å²) in [5, 5.41) is 12.1. The number of rotatable bonds is 7. The van der Waals surface area contributed by atoms with E-state index < -0.39 is 0 Å². The van der Waals surface area contributed by atoms with E-state index in [4.69, 9.17) is 12.2 Å². The third-order valence-electron chi connectivity index (χ3n) is 3.04. The molecule has 22 heavy (non-hydrogen) atoms. The second-order valence-corrected chi connectivity index (χ2v) is 5.34. The van der Waals surface area contributed by atoms with Crippen molar-refractivity contribution < 1.29 is 0 Å². The summed E-state index contributed by atoms with van der Waals surface area (Å²) in [7, 11) is 0. The Hall–Kier alpha value is -2.21. The van der Waals surface area contributed by atoms with E-state index in [1.807, 2.05) is 29.1 Å². The quantitative estimate of drug-likeness (QED) is 0.357. The monoisotopic (exact) mass is 315 g/mol. The predicted octanol–water partition coefficient (Wildman–Crippen LogP) is 2.53. The molecule has 0 aliphatic carbocycles. The van der Waals surface area contributed by atoms with Crippen LogP contribution >= 0.6 is 12.2 Å². The van der Waals surface area contributed by atoms with E-state index in [1.54, 1.807) is 12.4 Å². The van der Waals surface area contributed by atoms with Gasteiger partial charge in [-0.05, 0) is 24.2 Å². The molecule has 0 aliphatic heterocycles. The normalized spacial score (nSPS) is 10.8. The summed E-state index contributed by atoms with van der Waals surface area (Å²) in [5.41, 5.74) is 4.95. The van der Waals surface area contributed by atoms with E-state index in [9.17, 15) is 0 Å². The molecular weight excluding hydrogens is 294 g/mol. The van der Waals surface area contributed by atoms with Crippen molar-refractivity contribution in [2.75, 3.05) is 6.54 Å². The van der Waals surface area contributed by atoms with Gasteiger partial charge in [0.2, 0.25) is 0 Å². The second kappa shape index (κ2) is 8.94. The molecule has 0 unspecified atom stereocenters. The van der Waals surface area contributed by atoms with E-state index in [0.717, 1.165) is 31.5 Å². The van der Waals surface area contributed by atoms with Gasteiger partial charge in [0.05, 0.1) is 19.0 Å². The van der Waals surface area contributed by atoms with Crippen LogP contribution in [0.2, 0.25) is 0 Å². The first-order valence-corrected chi connectivity index (χ1v) is 7.82. The topological polar surface area (TPSA) is 54.2 Å². The van der Waals surface area contributed by atoms with Gasteiger partial charge in [-0.1, -0.05) is 43.7 Å². The van der Waals surface area contributed by atoms with E-state index in [-0.39, 0.29) is 0 Å². The zero-order valence-corrected chi connectivity index (χ0v) is 13.5. The van der Waals surface area contributed by atoms with Crippen molar-refractivity contribution in [3.05, 3.63) is 53.9 Å². The third kappa shape index (κ3) is 5.65. The van der Waals surface area contributed by atoms with Gasteiger partial charge < -0.3 is 5.32 Å². The summed E-state index contributed by atoms with van der Waals surface area (Å²) in [5.74, 6) is 0. The standard InChI is InChI=1S/C16H21N5S/c1-2-3-9-17-16(22)20-18-10-15-11-19-21(13-15)12-14-7-5-4-6-8-14/h4-8,10-11,13H,2-3,9,12H2,1H3,(H2,17,20,22)/b18-10-. The van der Waals surface area contributed by atoms with Crippen molar-refractivity contribution in [1.82, 2.24) is 20.5 Å². The molecule has 116 valence electrons. The lowest BCUT2D eigenvalue weighted by molar-refractivity contribution is 0.687.